The summed E-state index contributed by atoms with van der Waals surface area (Å²) >= 11 is 1.64. The van der Waals surface area contributed by atoms with E-state index in [0.717, 1.165) is 28.7 Å². The van der Waals surface area contributed by atoms with Gasteiger partial charge in [0.2, 0.25) is 0 Å². The summed E-state index contributed by atoms with van der Waals surface area (Å²) in [6.07, 6.45) is 4.44. The number of aromatic nitrogens is 4. The Bertz CT molecular complexity index is 795. The smallest absolute Gasteiger partial charge is 0.186 e. The highest BCUT2D eigenvalue weighted by molar-refractivity contribution is 7.99. The fourth-order valence-corrected chi connectivity index (χ4v) is 3.42. The first kappa shape index (κ1) is 14.8. The van der Waals surface area contributed by atoms with Gasteiger partial charge in [0, 0.05) is 23.0 Å². The fourth-order valence-electron chi connectivity index (χ4n) is 2.38. The van der Waals surface area contributed by atoms with Crippen LogP contribution >= 0.6 is 11.8 Å². The van der Waals surface area contributed by atoms with E-state index in [1.165, 1.54) is 10.5 Å². The highest BCUT2D eigenvalue weighted by Gasteiger charge is 2.13. The van der Waals surface area contributed by atoms with Crippen molar-refractivity contribution < 1.29 is 0 Å². The summed E-state index contributed by atoms with van der Waals surface area (Å²) in [4.78, 5) is 10.2. The molecule has 3 aromatic rings. The Labute approximate surface area is 134 Å². The van der Waals surface area contributed by atoms with Gasteiger partial charge in [-0.3, -0.25) is 0 Å². The molecule has 22 heavy (non-hydrogen) atoms. The van der Waals surface area contributed by atoms with Crippen molar-refractivity contribution in [1.29, 1.82) is 0 Å². The highest BCUT2D eigenvalue weighted by atomic mass is 32.2. The maximum Gasteiger partial charge on any atom is 0.186 e. The lowest BCUT2D eigenvalue weighted by Crippen LogP contribution is -2.05. The van der Waals surface area contributed by atoms with E-state index in [1.807, 2.05) is 24.6 Å². The molecule has 4 nitrogen and oxygen atoms in total. The molecule has 0 aliphatic rings. The molecule has 0 radical (unpaired) electrons. The van der Waals surface area contributed by atoms with Gasteiger partial charge in [-0.15, -0.1) is 0 Å². The predicted molar refractivity (Wildman–Crippen MR) is 88.6 cm³/mol. The van der Waals surface area contributed by atoms with E-state index in [2.05, 4.69) is 46.3 Å². The number of benzene rings is 1. The Hall–Kier alpha value is -2.14. The van der Waals surface area contributed by atoms with Crippen LogP contribution in [-0.2, 0) is 6.42 Å². The SMILES string of the molecule is CCc1ccccc1Sc1nccnc1-n1nc(C)cc1C. The third-order valence-corrected chi connectivity index (χ3v) is 4.52. The molecule has 0 aliphatic heterocycles. The quantitative estimate of drug-likeness (QED) is 0.731. The van der Waals surface area contributed by atoms with Crippen LogP contribution in [0.3, 0.4) is 0 Å². The van der Waals surface area contributed by atoms with E-state index in [1.54, 1.807) is 24.2 Å². The molecular formula is C17H18N4S. The summed E-state index contributed by atoms with van der Waals surface area (Å²) in [6, 6.07) is 10.5. The predicted octanol–water partition coefficient (Wildman–Crippen LogP) is 3.99. The molecule has 0 bridgehead atoms. The monoisotopic (exact) mass is 310 g/mol. The molecule has 1 aromatic carbocycles. The van der Waals surface area contributed by atoms with Crippen LogP contribution in [0.1, 0.15) is 23.9 Å². The van der Waals surface area contributed by atoms with Crippen LogP contribution in [0, 0.1) is 13.8 Å². The van der Waals surface area contributed by atoms with Crippen LogP contribution in [0.4, 0.5) is 0 Å². The van der Waals surface area contributed by atoms with Gasteiger partial charge in [0.05, 0.1) is 5.69 Å². The first-order chi connectivity index (χ1) is 10.7. The molecule has 3 rings (SSSR count). The third-order valence-electron chi connectivity index (χ3n) is 3.42. The van der Waals surface area contributed by atoms with Crippen molar-refractivity contribution in [2.45, 2.75) is 37.1 Å². The van der Waals surface area contributed by atoms with Gasteiger partial charge in [0.1, 0.15) is 5.03 Å². The summed E-state index contributed by atoms with van der Waals surface area (Å²) < 4.78 is 1.86. The first-order valence-corrected chi connectivity index (χ1v) is 8.11. The minimum absolute atomic E-state index is 0.781. The molecule has 0 atom stereocenters. The van der Waals surface area contributed by atoms with Crippen molar-refractivity contribution in [3.8, 4) is 5.82 Å². The lowest BCUT2D eigenvalue weighted by Gasteiger charge is -2.10. The molecule has 2 heterocycles. The van der Waals surface area contributed by atoms with E-state index in [4.69, 9.17) is 0 Å². The largest absolute Gasteiger partial charge is 0.244 e. The molecule has 0 amide bonds. The second-order valence-electron chi connectivity index (χ2n) is 5.09. The molecule has 0 N–H and O–H groups in total. The average Bonchev–Trinajstić information content (AvgIpc) is 2.87. The van der Waals surface area contributed by atoms with Crippen molar-refractivity contribution in [1.82, 2.24) is 19.7 Å². The Morgan fingerprint density at radius 1 is 1.09 bits per heavy atom. The van der Waals surface area contributed by atoms with Crippen LogP contribution in [0.15, 0.2) is 52.6 Å². The second kappa shape index (κ2) is 6.32. The number of hydrogen-bond acceptors (Lipinski definition) is 4. The number of rotatable bonds is 4. The third kappa shape index (κ3) is 2.90. The zero-order valence-corrected chi connectivity index (χ0v) is 13.8. The van der Waals surface area contributed by atoms with Crippen LogP contribution < -0.4 is 0 Å². The van der Waals surface area contributed by atoms with E-state index in [9.17, 15) is 0 Å². The van der Waals surface area contributed by atoms with Crippen LogP contribution in [0.25, 0.3) is 5.82 Å². The second-order valence-corrected chi connectivity index (χ2v) is 6.12. The molecule has 0 unspecified atom stereocenters. The summed E-state index contributed by atoms with van der Waals surface area (Å²) in [5.41, 5.74) is 3.36. The lowest BCUT2D eigenvalue weighted by molar-refractivity contribution is 0.770. The van der Waals surface area contributed by atoms with Crippen molar-refractivity contribution in [2.24, 2.45) is 0 Å². The fraction of sp³-hybridized carbons (Fsp3) is 0.235. The summed E-state index contributed by atoms with van der Waals surface area (Å²) in [5, 5.41) is 5.40. The molecule has 112 valence electrons. The van der Waals surface area contributed by atoms with E-state index in [0.29, 0.717) is 0 Å². The lowest BCUT2D eigenvalue weighted by atomic mass is 10.2. The van der Waals surface area contributed by atoms with Gasteiger partial charge in [0.15, 0.2) is 5.82 Å². The molecule has 0 aliphatic carbocycles. The Balaban J connectivity index is 2.04. The molecule has 2 aromatic heterocycles. The van der Waals surface area contributed by atoms with Gasteiger partial charge in [-0.25, -0.2) is 14.6 Å². The van der Waals surface area contributed by atoms with Gasteiger partial charge in [-0.05, 0) is 38.0 Å². The van der Waals surface area contributed by atoms with Crippen LogP contribution in [-0.4, -0.2) is 19.7 Å². The van der Waals surface area contributed by atoms with Crippen molar-refractivity contribution in [2.75, 3.05) is 0 Å². The van der Waals surface area contributed by atoms with Crippen LogP contribution in [0.2, 0.25) is 0 Å². The summed E-state index contributed by atoms with van der Waals surface area (Å²) in [6.45, 7) is 6.18. The zero-order chi connectivity index (χ0) is 15.5. The van der Waals surface area contributed by atoms with Gasteiger partial charge >= 0.3 is 0 Å². The average molecular weight is 310 g/mol. The number of aryl methyl sites for hydroxylation is 3. The van der Waals surface area contributed by atoms with Crippen molar-refractivity contribution >= 4 is 11.8 Å². The standard InChI is InChI=1S/C17H18N4S/c1-4-14-7-5-6-8-15(14)22-17-16(18-9-10-19-17)21-13(3)11-12(2)20-21/h5-11H,4H2,1-3H3. The molecular weight excluding hydrogens is 292 g/mol. The van der Waals surface area contributed by atoms with Gasteiger partial charge in [-0.1, -0.05) is 36.9 Å². The minimum atomic E-state index is 0.781. The van der Waals surface area contributed by atoms with E-state index < -0.39 is 0 Å². The van der Waals surface area contributed by atoms with E-state index in [-0.39, 0.29) is 0 Å². The number of nitrogens with zero attached hydrogens (tertiary/aromatic N) is 4. The Kier molecular flexibility index (Phi) is 4.24. The summed E-state index contributed by atoms with van der Waals surface area (Å²) in [5.74, 6) is 0.781. The molecule has 0 fully saturated rings. The highest BCUT2D eigenvalue weighted by Crippen LogP contribution is 2.32. The molecule has 0 saturated carbocycles. The Morgan fingerprint density at radius 2 is 1.86 bits per heavy atom. The minimum Gasteiger partial charge on any atom is -0.244 e. The van der Waals surface area contributed by atoms with Crippen molar-refractivity contribution in [3.05, 3.63) is 59.7 Å². The summed E-state index contributed by atoms with van der Waals surface area (Å²) in [7, 11) is 0. The number of hydrogen-bond donors (Lipinski definition) is 0. The van der Waals surface area contributed by atoms with Gasteiger partial charge in [-0.2, -0.15) is 5.10 Å². The van der Waals surface area contributed by atoms with E-state index >= 15 is 0 Å². The zero-order valence-electron chi connectivity index (χ0n) is 12.9. The van der Waals surface area contributed by atoms with Crippen molar-refractivity contribution in [3.63, 3.8) is 0 Å². The van der Waals surface area contributed by atoms with Gasteiger partial charge < -0.3 is 0 Å². The molecule has 5 heteroatoms. The maximum absolute atomic E-state index is 4.53. The Morgan fingerprint density at radius 3 is 2.59 bits per heavy atom. The topological polar surface area (TPSA) is 43.6 Å². The maximum atomic E-state index is 4.53. The van der Waals surface area contributed by atoms with Gasteiger partial charge in [0.25, 0.3) is 0 Å². The first-order valence-electron chi connectivity index (χ1n) is 7.29. The van der Waals surface area contributed by atoms with Crippen LogP contribution in [0.5, 0.6) is 0 Å². The normalized spacial score (nSPS) is 10.9. The molecule has 0 saturated heterocycles. The molecule has 0 spiro atoms.